The van der Waals surface area contributed by atoms with Gasteiger partial charge in [0.1, 0.15) is 17.4 Å². The number of hydrogen-bond acceptors (Lipinski definition) is 10. The lowest BCUT2D eigenvalue weighted by atomic mass is 10.2. The lowest BCUT2D eigenvalue weighted by Gasteiger charge is -2.36. The molecule has 6 rings (SSSR count). The molecule has 0 amide bonds. The van der Waals surface area contributed by atoms with Gasteiger partial charge in [-0.25, -0.2) is 20.3 Å². The average Bonchev–Trinajstić information content (AvgIpc) is 3.38. The summed E-state index contributed by atoms with van der Waals surface area (Å²) in [5, 5.41) is 6.65. The molecule has 2 saturated heterocycles. The zero-order chi connectivity index (χ0) is 21.7. The van der Waals surface area contributed by atoms with E-state index in [0.717, 1.165) is 53.1 Å². The second-order valence-corrected chi connectivity index (χ2v) is 8.24. The molecule has 2 bridgehead atoms. The number of hydroxylamine groups is 1. The first-order valence-corrected chi connectivity index (χ1v) is 10.7. The summed E-state index contributed by atoms with van der Waals surface area (Å²) in [5.74, 6) is 1.43. The van der Waals surface area contributed by atoms with Gasteiger partial charge in [0.25, 0.3) is 0 Å². The molecule has 4 aliphatic heterocycles. The van der Waals surface area contributed by atoms with Gasteiger partial charge in [-0.05, 0) is 44.2 Å². The Kier molecular flexibility index (Phi) is 4.37. The highest BCUT2D eigenvalue weighted by atomic mass is 16.7. The molecule has 1 aromatic heterocycles. The molecule has 10 nitrogen and oxygen atoms in total. The molecule has 2 atom stereocenters. The van der Waals surface area contributed by atoms with Crippen molar-refractivity contribution in [3.63, 3.8) is 0 Å². The highest BCUT2D eigenvalue weighted by molar-refractivity contribution is 5.84. The molecule has 2 fully saturated rings. The van der Waals surface area contributed by atoms with Crippen molar-refractivity contribution in [3.05, 3.63) is 47.9 Å². The van der Waals surface area contributed by atoms with E-state index >= 15 is 0 Å². The van der Waals surface area contributed by atoms with E-state index in [1.54, 1.807) is 0 Å². The Balaban J connectivity index is 1.29. The molecule has 10 heteroatoms. The van der Waals surface area contributed by atoms with Gasteiger partial charge in [0, 0.05) is 24.9 Å². The number of rotatable bonds is 4. The third-order valence-corrected chi connectivity index (χ3v) is 5.96. The van der Waals surface area contributed by atoms with E-state index < -0.39 is 5.97 Å². The largest absolute Gasteiger partial charge is 0.471 e. The van der Waals surface area contributed by atoms with Crippen molar-refractivity contribution in [2.45, 2.75) is 25.9 Å². The summed E-state index contributed by atoms with van der Waals surface area (Å²) < 4.78 is 11.2. The van der Waals surface area contributed by atoms with Crippen LogP contribution in [0.3, 0.4) is 0 Å². The monoisotopic (exact) mass is 435 g/mol. The van der Waals surface area contributed by atoms with Crippen LogP contribution in [0.2, 0.25) is 0 Å². The number of fused-ring (bicyclic) bond motifs is 3. The number of nitrogens with zero attached hydrogens (tertiary/aromatic N) is 4. The highest BCUT2D eigenvalue weighted by Crippen LogP contribution is 2.42. The van der Waals surface area contributed by atoms with E-state index in [9.17, 15) is 0 Å². The third-order valence-electron chi connectivity index (χ3n) is 5.96. The van der Waals surface area contributed by atoms with Crippen molar-refractivity contribution in [1.29, 1.82) is 0 Å². The van der Waals surface area contributed by atoms with Crippen LogP contribution in [0.1, 0.15) is 13.8 Å². The Labute approximate surface area is 185 Å². The number of aromatic nitrogens is 1. The SMILES string of the molecule is CC1=C2NOC(Nc3ccc(N4CCO[C@H](C)C4)nc3)(N=C1)N2c1ccc2c(c1)NCO2. The van der Waals surface area contributed by atoms with Gasteiger partial charge in [0.2, 0.25) is 0 Å². The van der Waals surface area contributed by atoms with Crippen LogP contribution in [0.25, 0.3) is 0 Å². The molecule has 1 aromatic carbocycles. The summed E-state index contributed by atoms with van der Waals surface area (Å²) in [6.07, 6.45) is 3.82. The van der Waals surface area contributed by atoms with Crippen LogP contribution in [0.5, 0.6) is 5.75 Å². The maximum atomic E-state index is 5.99. The smallest absolute Gasteiger partial charge is 0.351 e. The van der Waals surface area contributed by atoms with Crippen molar-refractivity contribution in [1.82, 2.24) is 10.5 Å². The lowest BCUT2D eigenvalue weighted by Crippen LogP contribution is -2.51. The standard InChI is InChI=1S/C22H25N7O3/c1-14-10-25-22(26-16-3-6-20(23-11-16)28-7-8-30-15(2)12-28)29(21(14)27-32-22)17-4-5-19-18(9-17)24-13-31-19/h3-6,9-11,15,24,26-27H,7-8,12-13H2,1-2H3/t15-,22?/m1/s1. The van der Waals surface area contributed by atoms with Gasteiger partial charge in [0.05, 0.1) is 36.0 Å². The van der Waals surface area contributed by atoms with E-state index in [4.69, 9.17) is 19.3 Å². The highest BCUT2D eigenvalue weighted by Gasteiger charge is 2.49. The Bertz CT molecular complexity index is 1100. The summed E-state index contributed by atoms with van der Waals surface area (Å²) in [5.41, 5.74) is 6.66. The predicted octanol–water partition coefficient (Wildman–Crippen LogP) is 2.45. The van der Waals surface area contributed by atoms with E-state index in [1.807, 2.05) is 54.6 Å². The first kappa shape index (κ1) is 19.2. The molecule has 2 aromatic rings. The van der Waals surface area contributed by atoms with E-state index in [1.165, 1.54) is 0 Å². The normalized spacial score (nSPS) is 25.9. The number of aliphatic imine (C=N–C) groups is 1. The Hall–Kier alpha value is -3.50. The third kappa shape index (κ3) is 3.10. The zero-order valence-electron chi connectivity index (χ0n) is 18.0. The first-order valence-electron chi connectivity index (χ1n) is 10.7. The van der Waals surface area contributed by atoms with E-state index in [0.29, 0.717) is 13.3 Å². The summed E-state index contributed by atoms with van der Waals surface area (Å²) in [6, 6.07) is 9.98. The number of nitrogens with one attached hydrogen (secondary N) is 3. The quantitative estimate of drug-likeness (QED) is 0.669. The molecular formula is C22H25N7O3. The van der Waals surface area contributed by atoms with E-state index in [-0.39, 0.29) is 6.10 Å². The minimum Gasteiger partial charge on any atom is -0.471 e. The van der Waals surface area contributed by atoms with Crippen molar-refractivity contribution in [2.75, 3.05) is 46.9 Å². The number of benzene rings is 1. The maximum absolute atomic E-state index is 5.99. The van der Waals surface area contributed by atoms with Gasteiger partial charge in [-0.1, -0.05) is 0 Å². The van der Waals surface area contributed by atoms with Crippen molar-refractivity contribution >= 4 is 29.1 Å². The van der Waals surface area contributed by atoms with Crippen LogP contribution in [-0.4, -0.2) is 49.7 Å². The fourth-order valence-electron chi connectivity index (χ4n) is 4.34. The van der Waals surface area contributed by atoms with Gasteiger partial charge in [-0.15, -0.1) is 0 Å². The lowest BCUT2D eigenvalue weighted by molar-refractivity contribution is -0.0214. The van der Waals surface area contributed by atoms with E-state index in [2.05, 4.69) is 32.9 Å². The number of hydrogen-bond donors (Lipinski definition) is 3. The second-order valence-electron chi connectivity index (χ2n) is 8.24. The number of morpholine rings is 1. The molecule has 5 heterocycles. The molecule has 0 spiro atoms. The van der Waals surface area contributed by atoms with Crippen LogP contribution in [-0.2, 0) is 9.57 Å². The fraction of sp³-hybridized carbons (Fsp3) is 0.364. The van der Waals surface area contributed by atoms with Gasteiger partial charge >= 0.3 is 5.97 Å². The van der Waals surface area contributed by atoms with Crippen molar-refractivity contribution in [3.8, 4) is 5.75 Å². The van der Waals surface area contributed by atoms with Crippen LogP contribution in [0.4, 0.5) is 22.9 Å². The minimum absolute atomic E-state index is 0.200. The Morgan fingerprint density at radius 1 is 1.25 bits per heavy atom. The Morgan fingerprint density at radius 2 is 2.19 bits per heavy atom. The fourth-order valence-corrected chi connectivity index (χ4v) is 4.34. The zero-order valence-corrected chi connectivity index (χ0v) is 18.0. The molecule has 3 N–H and O–H groups in total. The maximum Gasteiger partial charge on any atom is 0.351 e. The van der Waals surface area contributed by atoms with Crippen LogP contribution >= 0.6 is 0 Å². The first-order chi connectivity index (χ1) is 15.6. The number of anilines is 4. The van der Waals surface area contributed by atoms with Crippen LogP contribution in [0.15, 0.2) is 52.9 Å². The molecule has 0 saturated carbocycles. The molecule has 32 heavy (non-hydrogen) atoms. The molecule has 166 valence electrons. The number of ether oxygens (including phenoxy) is 2. The van der Waals surface area contributed by atoms with Crippen LogP contribution < -0.4 is 30.7 Å². The Morgan fingerprint density at radius 3 is 3.03 bits per heavy atom. The summed E-state index contributed by atoms with van der Waals surface area (Å²) in [4.78, 5) is 19.6. The number of allylic oxidation sites excluding steroid dienone is 1. The van der Waals surface area contributed by atoms with Gasteiger partial charge in [-0.2, -0.15) is 0 Å². The topological polar surface area (TPSA) is 95.5 Å². The molecule has 0 aliphatic carbocycles. The van der Waals surface area contributed by atoms with Gasteiger partial charge in [0.15, 0.2) is 6.73 Å². The molecule has 4 aliphatic rings. The molecule has 1 unspecified atom stereocenters. The minimum atomic E-state index is -1.17. The molecular weight excluding hydrogens is 410 g/mol. The summed E-state index contributed by atoms with van der Waals surface area (Å²) in [6.45, 7) is 6.92. The van der Waals surface area contributed by atoms with Crippen molar-refractivity contribution < 1.29 is 14.3 Å². The summed E-state index contributed by atoms with van der Waals surface area (Å²) >= 11 is 0. The predicted molar refractivity (Wildman–Crippen MR) is 122 cm³/mol. The average molecular weight is 435 g/mol. The number of pyridine rings is 1. The summed E-state index contributed by atoms with van der Waals surface area (Å²) in [7, 11) is 0. The second kappa shape index (κ2) is 7.28. The van der Waals surface area contributed by atoms with Gasteiger partial charge < -0.3 is 25.0 Å². The van der Waals surface area contributed by atoms with Gasteiger partial charge in [-0.3, -0.25) is 4.90 Å². The van der Waals surface area contributed by atoms with Crippen LogP contribution in [0, 0.1) is 0 Å². The molecule has 0 radical (unpaired) electrons. The van der Waals surface area contributed by atoms with Crippen molar-refractivity contribution in [2.24, 2.45) is 4.99 Å².